The Morgan fingerprint density at radius 2 is 1.20 bits per heavy atom. The highest BCUT2D eigenvalue weighted by Gasteiger charge is 2.32. The average Bonchev–Trinajstić information content (AvgIpc) is 4.42. The summed E-state index contributed by atoms with van der Waals surface area (Å²) in [5, 5.41) is 15.7. The minimum absolute atomic E-state index is 0.0786. The number of carbonyl (C=O) groups excluding carboxylic acids is 7. The number of amides is 5. The molecule has 0 unspecified atom stereocenters. The number of nitrogens with zero attached hydrogens (tertiary/aromatic N) is 7. The molecule has 6 aromatic rings. The number of imide groups is 2. The molecule has 0 aromatic carbocycles. The second-order valence-corrected chi connectivity index (χ2v) is 23.1. The molecule has 0 spiro atoms. The molecule has 4 fully saturated rings. The highest BCUT2D eigenvalue weighted by molar-refractivity contribution is 8.18. The Bertz CT molecular complexity index is 3260. The number of ether oxygens (including phenoxy) is 3. The molecule has 6 aromatic heterocycles. The van der Waals surface area contributed by atoms with Crippen molar-refractivity contribution >= 4 is 110 Å². The van der Waals surface area contributed by atoms with Crippen molar-refractivity contribution in [3.8, 4) is 22.5 Å². The van der Waals surface area contributed by atoms with Crippen molar-refractivity contribution in [2.45, 2.75) is 103 Å². The molecule has 2 saturated heterocycles. The highest BCUT2D eigenvalue weighted by atomic mass is 35.5. The van der Waals surface area contributed by atoms with E-state index in [0.29, 0.717) is 57.9 Å². The lowest BCUT2D eigenvalue weighted by molar-refractivity contribution is -0.149. The van der Waals surface area contributed by atoms with Gasteiger partial charge in [-0.25, -0.2) is 29.5 Å². The highest BCUT2D eigenvalue weighted by Crippen LogP contribution is 2.33. The van der Waals surface area contributed by atoms with Crippen LogP contribution in [0.5, 0.6) is 0 Å². The van der Waals surface area contributed by atoms with Gasteiger partial charge >= 0.3 is 17.5 Å². The molecule has 0 atom stereocenters. The average molecular weight is 1210 g/mol. The summed E-state index contributed by atoms with van der Waals surface area (Å²) in [6.45, 7) is 3.90. The maximum atomic E-state index is 13.1. The van der Waals surface area contributed by atoms with Gasteiger partial charge in [0.25, 0.3) is 22.3 Å². The first-order chi connectivity index (χ1) is 39.7. The molecule has 428 valence electrons. The summed E-state index contributed by atoms with van der Waals surface area (Å²) in [6.07, 6.45) is 15.2. The number of halogens is 1. The predicted octanol–water partition coefficient (Wildman–Crippen LogP) is 11.4. The van der Waals surface area contributed by atoms with E-state index in [-0.39, 0.29) is 23.7 Å². The number of hydrogen-bond donors (Lipinski definition) is 3. The van der Waals surface area contributed by atoms with Crippen molar-refractivity contribution < 1.29 is 47.8 Å². The zero-order valence-corrected chi connectivity index (χ0v) is 48.8. The zero-order chi connectivity index (χ0) is 57.8. The molecule has 82 heavy (non-hydrogen) atoms. The Morgan fingerprint density at radius 1 is 0.671 bits per heavy atom. The first kappa shape index (κ1) is 60.9. The summed E-state index contributed by atoms with van der Waals surface area (Å²) in [5.41, 5.74) is 6.35. The van der Waals surface area contributed by atoms with Gasteiger partial charge in [-0.1, -0.05) is 12.1 Å². The van der Waals surface area contributed by atoms with Gasteiger partial charge in [-0.2, -0.15) is 22.7 Å². The van der Waals surface area contributed by atoms with E-state index >= 15 is 0 Å². The van der Waals surface area contributed by atoms with E-state index < -0.39 is 35.4 Å². The van der Waals surface area contributed by atoms with Gasteiger partial charge in [0, 0.05) is 84.3 Å². The summed E-state index contributed by atoms with van der Waals surface area (Å²) in [7, 11) is 0. The molecule has 0 radical (unpaired) electrons. The molecule has 10 rings (SSSR count). The van der Waals surface area contributed by atoms with Crippen LogP contribution in [0, 0.1) is 11.8 Å². The van der Waals surface area contributed by atoms with Crippen LogP contribution in [0.2, 0.25) is 0 Å². The van der Waals surface area contributed by atoms with Crippen LogP contribution in [0.4, 0.5) is 19.2 Å². The molecular formula is C57H59ClN10O10S4. The van der Waals surface area contributed by atoms with E-state index in [2.05, 4.69) is 75.6 Å². The molecule has 3 N–H and O–H groups in total. The lowest BCUT2D eigenvalue weighted by Crippen LogP contribution is -2.43. The van der Waals surface area contributed by atoms with Crippen LogP contribution in [-0.4, -0.2) is 100 Å². The van der Waals surface area contributed by atoms with E-state index in [1.807, 2.05) is 35.0 Å². The maximum absolute atomic E-state index is 13.1. The van der Waals surface area contributed by atoms with Gasteiger partial charge in [-0.05, 0) is 165 Å². The van der Waals surface area contributed by atoms with Crippen LogP contribution in [0.15, 0.2) is 104 Å². The van der Waals surface area contributed by atoms with E-state index in [4.69, 9.17) is 31.0 Å². The number of thioether (sulfide) groups is 2. The molecule has 2 aliphatic heterocycles. The molecule has 5 amide bonds. The normalized spacial score (nSPS) is 19.5. The Hall–Kier alpha value is -7.22. The fraction of sp³-hybridized carbons (Fsp3) is 0.351. The number of thiophene rings is 2. The van der Waals surface area contributed by atoms with E-state index in [0.717, 1.165) is 122 Å². The van der Waals surface area contributed by atoms with Crippen molar-refractivity contribution in [1.29, 1.82) is 0 Å². The van der Waals surface area contributed by atoms with Crippen LogP contribution in [0.25, 0.3) is 34.7 Å². The Balaban J connectivity index is 0.000000199. The van der Waals surface area contributed by atoms with Crippen LogP contribution in [0.3, 0.4) is 0 Å². The maximum Gasteiger partial charge on any atom is 0.413 e. The Morgan fingerprint density at radius 3 is 1.66 bits per heavy atom. The fourth-order valence-electron chi connectivity index (χ4n) is 9.46. The van der Waals surface area contributed by atoms with Crippen molar-refractivity contribution in [2.24, 2.45) is 11.8 Å². The van der Waals surface area contributed by atoms with Gasteiger partial charge in [-0.3, -0.25) is 49.5 Å². The van der Waals surface area contributed by atoms with Crippen molar-refractivity contribution in [3.63, 3.8) is 0 Å². The Kier molecular flexibility index (Phi) is 22.8. The minimum atomic E-state index is -0.738. The molecular weight excluding hydrogens is 1150 g/mol. The molecule has 25 heteroatoms. The second-order valence-electron chi connectivity index (χ2n) is 19.2. The van der Waals surface area contributed by atoms with Gasteiger partial charge in [0.15, 0.2) is 0 Å². The molecule has 0 bridgehead atoms. The van der Waals surface area contributed by atoms with Gasteiger partial charge in [0.05, 0.1) is 57.1 Å². The number of hydrogen-bond acceptors (Lipinski definition) is 21. The lowest BCUT2D eigenvalue weighted by Gasteiger charge is -2.36. The lowest BCUT2D eigenvalue weighted by atomic mass is 9.83. The quantitative estimate of drug-likeness (QED) is 0.0332. The van der Waals surface area contributed by atoms with Gasteiger partial charge in [-0.15, -0.1) is 0 Å². The summed E-state index contributed by atoms with van der Waals surface area (Å²) in [5.74, 6) is 0.994. The predicted molar refractivity (Wildman–Crippen MR) is 315 cm³/mol. The monoisotopic (exact) mass is 1210 g/mol. The summed E-state index contributed by atoms with van der Waals surface area (Å²) in [6, 6.07) is 20.0. The number of nitrogens with one attached hydrogen (secondary N) is 3. The molecule has 2 aliphatic carbocycles. The largest absolute Gasteiger partial charge is 0.454 e. The molecule has 8 heterocycles. The van der Waals surface area contributed by atoms with Crippen LogP contribution >= 0.6 is 57.8 Å². The van der Waals surface area contributed by atoms with E-state index in [1.54, 1.807) is 71.2 Å². The van der Waals surface area contributed by atoms with E-state index in [9.17, 15) is 33.6 Å². The number of esters is 1. The zero-order valence-electron chi connectivity index (χ0n) is 44.8. The number of rotatable bonds is 17. The van der Waals surface area contributed by atoms with Gasteiger partial charge < -0.3 is 19.5 Å². The smallest absolute Gasteiger partial charge is 0.413 e. The number of carbonyl (C=O) groups is 7. The molecule has 2 saturated carbocycles. The van der Waals surface area contributed by atoms with Gasteiger partial charge in [0.1, 0.15) is 11.6 Å². The van der Waals surface area contributed by atoms with Crippen LogP contribution in [0.1, 0.15) is 99.6 Å². The summed E-state index contributed by atoms with van der Waals surface area (Å²) >= 11 is 9.76. The Labute approximate surface area is 495 Å². The number of aromatic nitrogens is 6. The fourth-order valence-corrected chi connectivity index (χ4v) is 12.2. The third kappa shape index (κ3) is 18.9. The first-order valence-electron chi connectivity index (χ1n) is 26.5. The standard InChI is InChI=1S/C29H29N5O6S2.C25H25N5O2S2.C3H5ClO2/c1-18(35)39-17-40-29(38)34(15-22-3-2-4-24(31-22)20-10-12-41-16-20)23-7-5-19(6-8-23)13-26-30-11-9-21(32-26)14-25-27(36)33-28(37)42-25;31-24-22(34-25(32)30-24)13-19-8-10-26-23(29-19)12-16-4-6-18(7-5-16)27-14-20-2-1-3-21(28-20)17-9-11-33-15-17;1-2-6-3(4)5/h2-4,9-12,14,16,19,23H,5-8,13,15,17H2,1H3,(H,33,36,37);1-3,8-11,13,15-16,18,27H,4-7,12,14H2,(H,30,31,32);2H2,1H3/b25-14-;22-13-;. The summed E-state index contributed by atoms with van der Waals surface area (Å²) < 4.78 is 14.3. The van der Waals surface area contributed by atoms with E-state index in [1.165, 1.54) is 12.5 Å². The second kappa shape index (κ2) is 30.7. The van der Waals surface area contributed by atoms with Gasteiger partial charge in [0.2, 0.25) is 6.79 Å². The topological polar surface area (TPSA) is 264 Å². The third-order valence-electron chi connectivity index (χ3n) is 13.4. The number of pyridine rings is 2. The van der Waals surface area contributed by atoms with Crippen molar-refractivity contribution in [1.82, 2.24) is 50.8 Å². The minimum Gasteiger partial charge on any atom is -0.454 e. The summed E-state index contributed by atoms with van der Waals surface area (Å²) in [4.78, 5) is 110. The molecule has 4 aliphatic rings. The first-order valence-corrected chi connectivity index (χ1v) is 30.4. The molecule has 20 nitrogen and oxygen atoms in total. The SMILES string of the molecule is CC(=O)OCOC(=O)N(Cc1cccc(-c2ccsc2)n1)C1CCC(Cc2nccc(/C=C3\SC(=O)NC3=O)n2)CC1.CCOC(=O)Cl.O=C1NC(=O)/C(=C/c2ccnc(CC3CCC(NCc4cccc(-c5ccsc5)n4)CC3)n2)S1. The van der Waals surface area contributed by atoms with Crippen LogP contribution < -0.4 is 16.0 Å². The van der Waals surface area contributed by atoms with Crippen molar-refractivity contribution in [3.05, 3.63) is 139 Å². The third-order valence-corrected chi connectivity index (χ3v) is 16.5. The van der Waals surface area contributed by atoms with Crippen LogP contribution in [-0.2, 0) is 54.5 Å². The van der Waals surface area contributed by atoms with Crippen molar-refractivity contribution in [2.75, 3.05) is 13.4 Å².